The standard InChI is InChI=1S/C14H21N3O2/c1-19-14(18)11-7-8-16-13(12(11)15)17-9-10-5-3-2-4-6-10/h7-8,10H,2-6,9,15H2,1H3,(H,16,17). The molecule has 1 aromatic rings. The van der Waals surface area contributed by atoms with E-state index in [-0.39, 0.29) is 0 Å². The Hall–Kier alpha value is -1.78. The number of nitrogen functional groups attached to an aromatic ring is 1. The Labute approximate surface area is 113 Å². The Morgan fingerprint density at radius 1 is 1.47 bits per heavy atom. The molecule has 0 unspecified atom stereocenters. The van der Waals surface area contributed by atoms with Gasteiger partial charge in [-0.3, -0.25) is 0 Å². The van der Waals surface area contributed by atoms with Crippen LogP contribution in [-0.4, -0.2) is 24.6 Å². The second-order valence-electron chi connectivity index (χ2n) is 5.00. The first-order chi connectivity index (χ1) is 9.22. The maximum Gasteiger partial charge on any atom is 0.340 e. The van der Waals surface area contributed by atoms with Gasteiger partial charge < -0.3 is 15.8 Å². The molecule has 0 atom stereocenters. The first-order valence-electron chi connectivity index (χ1n) is 6.79. The van der Waals surface area contributed by atoms with Crippen molar-refractivity contribution in [3.05, 3.63) is 17.8 Å². The van der Waals surface area contributed by atoms with Crippen LogP contribution in [0.3, 0.4) is 0 Å². The van der Waals surface area contributed by atoms with Crippen LogP contribution in [0.1, 0.15) is 42.5 Å². The molecule has 0 bridgehead atoms. The van der Waals surface area contributed by atoms with Crippen molar-refractivity contribution in [2.45, 2.75) is 32.1 Å². The van der Waals surface area contributed by atoms with Crippen LogP contribution in [0.4, 0.5) is 11.5 Å². The van der Waals surface area contributed by atoms with E-state index in [1.54, 1.807) is 12.3 Å². The molecule has 1 fully saturated rings. The number of aromatic nitrogens is 1. The molecule has 1 aliphatic carbocycles. The van der Waals surface area contributed by atoms with Crippen molar-refractivity contribution in [2.24, 2.45) is 5.92 Å². The Bertz CT molecular complexity index is 442. The van der Waals surface area contributed by atoms with Crippen molar-refractivity contribution in [1.29, 1.82) is 0 Å². The van der Waals surface area contributed by atoms with Crippen LogP contribution in [-0.2, 0) is 4.74 Å². The molecule has 0 aliphatic heterocycles. The van der Waals surface area contributed by atoms with Crippen molar-refractivity contribution in [2.75, 3.05) is 24.7 Å². The van der Waals surface area contributed by atoms with Gasteiger partial charge in [-0.25, -0.2) is 9.78 Å². The minimum absolute atomic E-state index is 0.364. The molecule has 104 valence electrons. The maximum atomic E-state index is 11.5. The highest BCUT2D eigenvalue weighted by Gasteiger charge is 2.16. The van der Waals surface area contributed by atoms with Crippen LogP contribution in [0.25, 0.3) is 0 Å². The number of hydrogen-bond donors (Lipinski definition) is 2. The summed E-state index contributed by atoms with van der Waals surface area (Å²) in [6.45, 7) is 0.863. The van der Waals surface area contributed by atoms with Gasteiger partial charge in [-0.1, -0.05) is 19.3 Å². The predicted molar refractivity (Wildman–Crippen MR) is 75.1 cm³/mol. The van der Waals surface area contributed by atoms with Crippen molar-refractivity contribution in [3.8, 4) is 0 Å². The van der Waals surface area contributed by atoms with Gasteiger partial charge in [-0.2, -0.15) is 0 Å². The third kappa shape index (κ3) is 3.36. The van der Waals surface area contributed by atoms with Gasteiger partial charge in [0.05, 0.1) is 18.4 Å². The van der Waals surface area contributed by atoms with Gasteiger partial charge in [0.25, 0.3) is 0 Å². The molecule has 5 heteroatoms. The summed E-state index contributed by atoms with van der Waals surface area (Å²) in [5, 5.41) is 3.26. The minimum atomic E-state index is -0.430. The number of esters is 1. The summed E-state index contributed by atoms with van der Waals surface area (Å²) >= 11 is 0. The number of nitrogens with one attached hydrogen (secondary N) is 1. The molecule has 0 saturated heterocycles. The zero-order chi connectivity index (χ0) is 13.7. The van der Waals surface area contributed by atoms with Crippen LogP contribution in [0.15, 0.2) is 12.3 Å². The fraction of sp³-hybridized carbons (Fsp3) is 0.571. The van der Waals surface area contributed by atoms with E-state index in [9.17, 15) is 4.79 Å². The van der Waals surface area contributed by atoms with E-state index in [4.69, 9.17) is 10.5 Å². The molecule has 1 aliphatic rings. The molecule has 2 rings (SSSR count). The molecule has 0 amide bonds. The second-order valence-corrected chi connectivity index (χ2v) is 5.00. The highest BCUT2D eigenvalue weighted by atomic mass is 16.5. The highest BCUT2D eigenvalue weighted by Crippen LogP contribution is 2.25. The van der Waals surface area contributed by atoms with Crippen molar-refractivity contribution < 1.29 is 9.53 Å². The lowest BCUT2D eigenvalue weighted by Gasteiger charge is -2.22. The topological polar surface area (TPSA) is 77.2 Å². The zero-order valence-corrected chi connectivity index (χ0v) is 11.3. The molecular weight excluding hydrogens is 242 g/mol. The molecule has 5 nitrogen and oxygen atoms in total. The van der Waals surface area contributed by atoms with Gasteiger partial charge in [0, 0.05) is 12.7 Å². The Balaban J connectivity index is 2.01. The summed E-state index contributed by atoms with van der Waals surface area (Å²) in [6, 6.07) is 1.58. The molecule has 0 spiro atoms. The molecule has 1 heterocycles. The number of pyridine rings is 1. The number of nitrogens with two attached hydrogens (primary N) is 1. The quantitative estimate of drug-likeness (QED) is 0.816. The molecule has 3 N–H and O–H groups in total. The van der Waals surface area contributed by atoms with Gasteiger partial charge >= 0.3 is 5.97 Å². The Morgan fingerprint density at radius 2 is 2.21 bits per heavy atom. The number of methoxy groups -OCH3 is 1. The summed E-state index contributed by atoms with van der Waals surface area (Å²) in [5.74, 6) is 0.825. The number of ether oxygens (including phenoxy) is 1. The van der Waals surface area contributed by atoms with E-state index in [0.717, 1.165) is 6.54 Å². The number of carbonyl (C=O) groups is 1. The lowest BCUT2D eigenvalue weighted by molar-refractivity contribution is 0.0602. The summed E-state index contributed by atoms with van der Waals surface area (Å²) in [4.78, 5) is 15.7. The molecule has 0 radical (unpaired) electrons. The van der Waals surface area contributed by atoms with Crippen molar-refractivity contribution in [1.82, 2.24) is 4.98 Å². The Morgan fingerprint density at radius 3 is 2.89 bits per heavy atom. The number of rotatable bonds is 4. The Kier molecular flexibility index (Phi) is 4.60. The van der Waals surface area contributed by atoms with Crippen LogP contribution in [0, 0.1) is 5.92 Å². The lowest BCUT2D eigenvalue weighted by atomic mass is 9.89. The summed E-state index contributed by atoms with van der Waals surface area (Å²) in [7, 11) is 1.34. The van der Waals surface area contributed by atoms with E-state index in [0.29, 0.717) is 23.0 Å². The van der Waals surface area contributed by atoms with E-state index in [1.807, 2.05) is 0 Å². The van der Waals surface area contributed by atoms with E-state index in [2.05, 4.69) is 10.3 Å². The first kappa shape index (κ1) is 13.6. The number of carbonyl (C=O) groups excluding carboxylic acids is 1. The lowest BCUT2D eigenvalue weighted by Crippen LogP contribution is -2.19. The molecule has 0 aromatic carbocycles. The normalized spacial score (nSPS) is 16.1. The molecule has 1 saturated carbocycles. The number of hydrogen-bond acceptors (Lipinski definition) is 5. The third-order valence-corrected chi connectivity index (χ3v) is 3.68. The van der Waals surface area contributed by atoms with Crippen LogP contribution < -0.4 is 11.1 Å². The number of nitrogens with zero attached hydrogens (tertiary/aromatic N) is 1. The van der Waals surface area contributed by atoms with E-state index in [1.165, 1.54) is 39.2 Å². The van der Waals surface area contributed by atoms with Crippen molar-refractivity contribution in [3.63, 3.8) is 0 Å². The van der Waals surface area contributed by atoms with Gasteiger partial charge in [-0.15, -0.1) is 0 Å². The molecule has 1 aromatic heterocycles. The summed E-state index contributed by atoms with van der Waals surface area (Å²) < 4.78 is 4.69. The highest BCUT2D eigenvalue weighted by molar-refractivity contribution is 5.97. The van der Waals surface area contributed by atoms with Crippen LogP contribution >= 0.6 is 0 Å². The summed E-state index contributed by atoms with van der Waals surface area (Å²) in [6.07, 6.45) is 8.03. The largest absolute Gasteiger partial charge is 0.465 e. The molecular formula is C14H21N3O2. The minimum Gasteiger partial charge on any atom is -0.465 e. The average molecular weight is 263 g/mol. The van der Waals surface area contributed by atoms with Gasteiger partial charge in [-0.05, 0) is 24.8 Å². The molecule has 19 heavy (non-hydrogen) atoms. The van der Waals surface area contributed by atoms with E-state index >= 15 is 0 Å². The van der Waals surface area contributed by atoms with Crippen LogP contribution in [0.5, 0.6) is 0 Å². The zero-order valence-electron chi connectivity index (χ0n) is 11.3. The van der Waals surface area contributed by atoms with Gasteiger partial charge in [0.1, 0.15) is 5.82 Å². The first-order valence-corrected chi connectivity index (χ1v) is 6.79. The number of anilines is 2. The fourth-order valence-electron chi connectivity index (χ4n) is 2.53. The SMILES string of the molecule is COC(=O)c1ccnc(NCC2CCCCC2)c1N. The average Bonchev–Trinajstić information content (AvgIpc) is 2.46. The smallest absolute Gasteiger partial charge is 0.340 e. The van der Waals surface area contributed by atoms with Gasteiger partial charge in [0.15, 0.2) is 0 Å². The predicted octanol–water partition coefficient (Wildman–Crippen LogP) is 2.44. The monoisotopic (exact) mass is 263 g/mol. The van der Waals surface area contributed by atoms with Gasteiger partial charge in [0.2, 0.25) is 0 Å². The summed E-state index contributed by atoms with van der Waals surface area (Å²) in [5.41, 5.74) is 6.68. The van der Waals surface area contributed by atoms with E-state index < -0.39 is 5.97 Å². The second kappa shape index (κ2) is 6.41. The third-order valence-electron chi connectivity index (χ3n) is 3.68. The fourth-order valence-corrected chi connectivity index (χ4v) is 2.53. The maximum absolute atomic E-state index is 11.5. The van der Waals surface area contributed by atoms with Crippen molar-refractivity contribution >= 4 is 17.5 Å². The van der Waals surface area contributed by atoms with Crippen LogP contribution in [0.2, 0.25) is 0 Å².